The van der Waals surface area contributed by atoms with Gasteiger partial charge in [-0.1, -0.05) is 29.8 Å². The number of hydrogen-bond donors (Lipinski definition) is 1. The van der Waals surface area contributed by atoms with Crippen LogP contribution in [0.15, 0.2) is 60.9 Å². The molecule has 2 aromatic carbocycles. The van der Waals surface area contributed by atoms with Crippen LogP contribution in [0.2, 0.25) is 0 Å². The fraction of sp³-hybridized carbons (Fsp3) is 0.0526. The molecule has 118 valence electrons. The molecule has 4 rings (SSSR count). The summed E-state index contributed by atoms with van der Waals surface area (Å²) in [5.74, 6) is 0.220. The van der Waals surface area contributed by atoms with E-state index in [0.29, 0.717) is 17.2 Å². The minimum absolute atomic E-state index is 0.289. The van der Waals surface area contributed by atoms with Crippen molar-refractivity contribution in [2.24, 2.45) is 0 Å². The second-order valence-electron chi connectivity index (χ2n) is 5.70. The lowest BCUT2D eigenvalue weighted by atomic mass is 10.1. The third-order valence-corrected chi connectivity index (χ3v) is 4.03. The maximum atomic E-state index is 13.2. The van der Waals surface area contributed by atoms with Gasteiger partial charge in [-0.05, 0) is 31.2 Å². The zero-order valence-corrected chi connectivity index (χ0v) is 13.1. The normalized spacial score (nSPS) is 11.1. The van der Waals surface area contributed by atoms with Crippen molar-refractivity contribution in [2.45, 2.75) is 6.92 Å². The van der Waals surface area contributed by atoms with Crippen LogP contribution in [0.5, 0.6) is 0 Å². The summed E-state index contributed by atoms with van der Waals surface area (Å²) in [6.45, 7) is 2.04. The maximum Gasteiger partial charge on any atom is 0.158 e. The fourth-order valence-corrected chi connectivity index (χ4v) is 2.77. The minimum Gasteiger partial charge on any atom is -0.383 e. The first-order valence-electron chi connectivity index (χ1n) is 7.58. The maximum absolute atomic E-state index is 13.2. The first-order chi connectivity index (χ1) is 11.6. The highest BCUT2D eigenvalue weighted by molar-refractivity contribution is 5.77. The summed E-state index contributed by atoms with van der Waals surface area (Å²) in [7, 11) is 0. The van der Waals surface area contributed by atoms with E-state index in [0.717, 1.165) is 16.8 Å². The van der Waals surface area contributed by atoms with Crippen LogP contribution in [-0.4, -0.2) is 14.4 Å². The molecule has 4 nitrogen and oxygen atoms in total. The Balaban J connectivity index is 1.94. The van der Waals surface area contributed by atoms with E-state index in [4.69, 9.17) is 5.73 Å². The third-order valence-electron chi connectivity index (χ3n) is 4.03. The first-order valence-corrected chi connectivity index (χ1v) is 7.58. The van der Waals surface area contributed by atoms with Crippen molar-refractivity contribution in [2.75, 3.05) is 5.73 Å². The predicted octanol–water partition coefficient (Wildman–Crippen LogP) is 4.09. The highest BCUT2D eigenvalue weighted by Gasteiger charge is 2.15. The molecule has 2 N–H and O–H groups in total. The van der Waals surface area contributed by atoms with E-state index in [2.05, 4.69) is 9.97 Å². The number of fused-ring (bicyclic) bond motifs is 1. The number of halogens is 1. The first kappa shape index (κ1) is 14.4. The lowest BCUT2D eigenvalue weighted by Crippen LogP contribution is -1.99. The average Bonchev–Trinajstić information content (AvgIpc) is 2.93. The second kappa shape index (κ2) is 5.45. The zero-order valence-electron chi connectivity index (χ0n) is 13.1. The summed E-state index contributed by atoms with van der Waals surface area (Å²) < 4.78 is 15.0. The van der Waals surface area contributed by atoms with Gasteiger partial charge in [-0.25, -0.2) is 9.37 Å². The molecule has 4 aromatic rings. The molecule has 0 spiro atoms. The Morgan fingerprint density at radius 2 is 1.58 bits per heavy atom. The molecule has 2 aromatic heterocycles. The van der Waals surface area contributed by atoms with Crippen molar-refractivity contribution in [3.8, 4) is 22.5 Å². The van der Waals surface area contributed by atoms with Crippen LogP contribution in [-0.2, 0) is 0 Å². The minimum atomic E-state index is -0.289. The van der Waals surface area contributed by atoms with E-state index >= 15 is 0 Å². The van der Waals surface area contributed by atoms with Gasteiger partial charge in [-0.2, -0.15) is 0 Å². The molecule has 0 amide bonds. The zero-order chi connectivity index (χ0) is 16.7. The summed E-state index contributed by atoms with van der Waals surface area (Å²) in [6, 6.07) is 14.3. The number of imidazole rings is 1. The Kier molecular flexibility index (Phi) is 3.27. The molecule has 24 heavy (non-hydrogen) atoms. The van der Waals surface area contributed by atoms with Gasteiger partial charge in [-0.15, -0.1) is 0 Å². The lowest BCUT2D eigenvalue weighted by molar-refractivity contribution is 0.628. The van der Waals surface area contributed by atoms with Crippen molar-refractivity contribution in [1.82, 2.24) is 14.4 Å². The number of hydrogen-bond acceptors (Lipinski definition) is 3. The largest absolute Gasteiger partial charge is 0.383 e. The fourth-order valence-electron chi connectivity index (χ4n) is 2.77. The van der Waals surface area contributed by atoms with Gasteiger partial charge in [0.05, 0.1) is 18.1 Å². The number of anilines is 1. The number of aromatic nitrogens is 3. The molecular weight excluding hydrogens is 303 g/mol. The highest BCUT2D eigenvalue weighted by Crippen LogP contribution is 2.30. The van der Waals surface area contributed by atoms with Gasteiger partial charge in [0.25, 0.3) is 0 Å². The van der Waals surface area contributed by atoms with Crippen molar-refractivity contribution >= 4 is 11.5 Å². The summed E-state index contributed by atoms with van der Waals surface area (Å²) >= 11 is 0. The van der Waals surface area contributed by atoms with Crippen LogP contribution < -0.4 is 5.73 Å². The van der Waals surface area contributed by atoms with Crippen LogP contribution in [0, 0.1) is 12.7 Å². The monoisotopic (exact) mass is 318 g/mol. The molecule has 0 bridgehead atoms. The molecule has 0 aliphatic heterocycles. The van der Waals surface area contributed by atoms with Crippen molar-refractivity contribution in [3.63, 3.8) is 0 Å². The number of nitrogen functional groups attached to an aromatic ring is 1. The molecule has 0 aliphatic rings. The molecule has 0 radical (unpaired) electrons. The molecule has 0 atom stereocenters. The molecule has 0 aliphatic carbocycles. The van der Waals surface area contributed by atoms with Crippen LogP contribution in [0.25, 0.3) is 28.2 Å². The molecule has 2 heterocycles. The number of nitrogens with two attached hydrogens (primary N) is 1. The van der Waals surface area contributed by atoms with Gasteiger partial charge < -0.3 is 5.73 Å². The molecule has 0 saturated heterocycles. The van der Waals surface area contributed by atoms with E-state index in [1.165, 1.54) is 17.7 Å². The average molecular weight is 318 g/mol. The van der Waals surface area contributed by atoms with Gasteiger partial charge in [0, 0.05) is 11.1 Å². The Hall–Kier alpha value is -3.21. The second-order valence-corrected chi connectivity index (χ2v) is 5.70. The number of nitrogens with zero attached hydrogens (tertiary/aromatic N) is 3. The summed E-state index contributed by atoms with van der Waals surface area (Å²) in [5.41, 5.74) is 11.5. The molecule has 0 saturated carbocycles. The summed E-state index contributed by atoms with van der Waals surface area (Å²) in [4.78, 5) is 8.84. The van der Waals surface area contributed by atoms with Gasteiger partial charge in [0.15, 0.2) is 5.65 Å². The van der Waals surface area contributed by atoms with E-state index in [1.54, 1.807) is 24.5 Å². The van der Waals surface area contributed by atoms with Crippen molar-refractivity contribution in [1.29, 1.82) is 0 Å². The van der Waals surface area contributed by atoms with E-state index in [9.17, 15) is 4.39 Å². The quantitative estimate of drug-likeness (QED) is 0.605. The Morgan fingerprint density at radius 3 is 2.29 bits per heavy atom. The van der Waals surface area contributed by atoms with Gasteiger partial charge >= 0.3 is 0 Å². The highest BCUT2D eigenvalue weighted by atomic mass is 19.1. The standard InChI is InChI=1S/C19H15FN4/c1-12-2-4-13(5-3-12)16-10-22-11-17-23-18(19(21)24(16)17)14-6-8-15(20)9-7-14/h2-11H,21H2,1H3. The molecule has 0 fully saturated rings. The Morgan fingerprint density at radius 1 is 0.917 bits per heavy atom. The SMILES string of the molecule is Cc1ccc(-c2cncc3nc(-c4ccc(F)cc4)c(N)n23)cc1. The molecular formula is C19H15FN4. The van der Waals surface area contributed by atoms with Crippen LogP contribution >= 0.6 is 0 Å². The summed E-state index contributed by atoms with van der Waals surface area (Å²) in [6.07, 6.45) is 3.44. The number of aryl methyl sites for hydroxylation is 1. The third kappa shape index (κ3) is 2.31. The van der Waals surface area contributed by atoms with E-state index < -0.39 is 0 Å². The van der Waals surface area contributed by atoms with Crippen LogP contribution in [0.4, 0.5) is 10.2 Å². The van der Waals surface area contributed by atoms with Crippen molar-refractivity contribution in [3.05, 3.63) is 72.3 Å². The molecule has 0 unspecified atom stereocenters. The van der Waals surface area contributed by atoms with Crippen molar-refractivity contribution < 1.29 is 4.39 Å². The molecule has 5 heteroatoms. The van der Waals surface area contributed by atoms with Gasteiger partial charge in [0.1, 0.15) is 17.3 Å². The van der Waals surface area contributed by atoms with Gasteiger partial charge in [-0.3, -0.25) is 9.38 Å². The Bertz CT molecular complexity index is 1020. The lowest BCUT2D eigenvalue weighted by Gasteiger charge is -2.07. The Labute approximate surface area is 138 Å². The van der Waals surface area contributed by atoms with Crippen LogP contribution in [0.1, 0.15) is 5.56 Å². The predicted molar refractivity (Wildman–Crippen MR) is 93.0 cm³/mol. The van der Waals surface area contributed by atoms with E-state index in [1.807, 2.05) is 35.6 Å². The number of benzene rings is 2. The smallest absolute Gasteiger partial charge is 0.158 e. The topological polar surface area (TPSA) is 56.2 Å². The van der Waals surface area contributed by atoms with Gasteiger partial charge in [0.2, 0.25) is 0 Å². The van der Waals surface area contributed by atoms with E-state index in [-0.39, 0.29) is 5.82 Å². The number of rotatable bonds is 2. The summed E-state index contributed by atoms with van der Waals surface area (Å²) in [5, 5.41) is 0. The van der Waals surface area contributed by atoms with Crippen LogP contribution in [0.3, 0.4) is 0 Å².